The maximum Gasteiger partial charge on any atom is 0.270 e. The van der Waals surface area contributed by atoms with E-state index < -0.39 is 4.92 Å². The van der Waals surface area contributed by atoms with Gasteiger partial charge in [0.25, 0.3) is 5.69 Å². The monoisotopic (exact) mass is 352 g/mol. The molecular formula is C18H16N4O2S. The van der Waals surface area contributed by atoms with Crippen molar-refractivity contribution in [2.45, 2.75) is 13.3 Å². The van der Waals surface area contributed by atoms with Gasteiger partial charge in [0, 0.05) is 23.1 Å². The number of non-ortho nitro benzene ring substituents is 1. The first-order valence-electron chi connectivity index (χ1n) is 7.74. The molecule has 0 unspecified atom stereocenters. The molecule has 0 atom stereocenters. The van der Waals surface area contributed by atoms with E-state index in [9.17, 15) is 10.1 Å². The van der Waals surface area contributed by atoms with Gasteiger partial charge in [-0.25, -0.2) is 4.98 Å². The van der Waals surface area contributed by atoms with Crippen molar-refractivity contribution < 1.29 is 4.92 Å². The molecule has 1 heterocycles. The molecule has 0 aliphatic rings. The largest absolute Gasteiger partial charge is 0.270 e. The van der Waals surface area contributed by atoms with Gasteiger partial charge in [-0.15, -0.1) is 11.3 Å². The quantitative estimate of drug-likeness (QED) is 0.395. The van der Waals surface area contributed by atoms with E-state index in [0.717, 1.165) is 12.0 Å². The molecule has 25 heavy (non-hydrogen) atoms. The zero-order chi connectivity index (χ0) is 17.6. The van der Waals surface area contributed by atoms with Crippen molar-refractivity contribution in [2.75, 3.05) is 5.43 Å². The van der Waals surface area contributed by atoms with Gasteiger partial charge in [-0.2, -0.15) is 5.10 Å². The van der Waals surface area contributed by atoms with E-state index in [1.165, 1.54) is 29.0 Å². The topological polar surface area (TPSA) is 80.4 Å². The second-order valence-electron chi connectivity index (χ2n) is 5.31. The lowest BCUT2D eigenvalue weighted by Gasteiger charge is -1.98. The number of anilines is 1. The minimum atomic E-state index is -0.414. The lowest BCUT2D eigenvalue weighted by molar-refractivity contribution is -0.384. The van der Waals surface area contributed by atoms with Crippen LogP contribution < -0.4 is 5.43 Å². The minimum absolute atomic E-state index is 0.0496. The van der Waals surface area contributed by atoms with Crippen molar-refractivity contribution in [1.82, 2.24) is 4.98 Å². The van der Waals surface area contributed by atoms with Gasteiger partial charge in [-0.3, -0.25) is 15.5 Å². The highest BCUT2D eigenvalue weighted by atomic mass is 32.1. The van der Waals surface area contributed by atoms with Gasteiger partial charge in [-0.05, 0) is 17.5 Å². The summed E-state index contributed by atoms with van der Waals surface area (Å²) in [5, 5.41) is 17.5. The smallest absolute Gasteiger partial charge is 0.258 e. The summed E-state index contributed by atoms with van der Waals surface area (Å²) in [5.74, 6) is 0. The SMILES string of the molecule is CCc1ccc(/C=N/Nc2nc(-c3cccc([N+](=O)[O-])c3)cs2)cc1. The van der Waals surface area contributed by atoms with Crippen molar-refractivity contribution in [3.63, 3.8) is 0 Å². The van der Waals surface area contributed by atoms with Crippen LogP contribution in [0, 0.1) is 10.1 Å². The molecule has 2 aromatic carbocycles. The predicted molar refractivity (Wildman–Crippen MR) is 101 cm³/mol. The van der Waals surface area contributed by atoms with Crippen molar-refractivity contribution in [2.24, 2.45) is 5.10 Å². The molecule has 0 radical (unpaired) electrons. The summed E-state index contributed by atoms with van der Waals surface area (Å²) in [4.78, 5) is 14.9. The van der Waals surface area contributed by atoms with Gasteiger partial charge in [0.1, 0.15) is 0 Å². The molecule has 0 bridgehead atoms. The summed E-state index contributed by atoms with van der Waals surface area (Å²) in [7, 11) is 0. The van der Waals surface area contributed by atoms with Crippen molar-refractivity contribution in [1.29, 1.82) is 0 Å². The molecule has 0 saturated heterocycles. The molecule has 7 heteroatoms. The Labute approximate surface area is 149 Å². The molecule has 6 nitrogen and oxygen atoms in total. The second kappa shape index (κ2) is 7.67. The number of nitrogens with zero attached hydrogens (tertiary/aromatic N) is 3. The van der Waals surface area contributed by atoms with Crippen LogP contribution in [0.2, 0.25) is 0 Å². The number of benzene rings is 2. The Balaban J connectivity index is 1.68. The van der Waals surface area contributed by atoms with Gasteiger partial charge in [-0.1, -0.05) is 43.3 Å². The number of aromatic nitrogens is 1. The summed E-state index contributed by atoms with van der Waals surface area (Å²) < 4.78 is 0. The second-order valence-corrected chi connectivity index (χ2v) is 6.17. The average Bonchev–Trinajstić information content (AvgIpc) is 3.11. The Morgan fingerprint density at radius 1 is 1.28 bits per heavy atom. The molecule has 3 aromatic rings. The number of rotatable bonds is 6. The fourth-order valence-electron chi connectivity index (χ4n) is 2.24. The zero-order valence-electron chi connectivity index (χ0n) is 13.5. The molecule has 0 fully saturated rings. The number of hydrogen-bond donors (Lipinski definition) is 1. The number of aryl methyl sites for hydroxylation is 1. The number of nitro benzene ring substituents is 1. The van der Waals surface area contributed by atoms with Gasteiger partial charge in [0.05, 0.1) is 16.8 Å². The standard InChI is InChI=1S/C18H16N4O2S/c1-2-13-6-8-14(9-7-13)11-19-21-18-20-17(12-25-18)15-4-3-5-16(10-15)22(23)24/h3-12H,2H2,1H3,(H,20,21)/b19-11+. The Kier molecular flexibility index (Phi) is 5.15. The first-order chi connectivity index (χ1) is 12.2. The molecule has 3 rings (SSSR count). The highest BCUT2D eigenvalue weighted by molar-refractivity contribution is 7.14. The molecule has 1 N–H and O–H groups in total. The first kappa shape index (κ1) is 16.8. The van der Waals surface area contributed by atoms with Crippen LogP contribution in [0.1, 0.15) is 18.1 Å². The van der Waals surface area contributed by atoms with Crippen LogP contribution in [0.3, 0.4) is 0 Å². The molecular weight excluding hydrogens is 336 g/mol. The van der Waals surface area contributed by atoms with Crippen LogP contribution >= 0.6 is 11.3 Å². The Hall–Kier alpha value is -3.06. The number of hydrazone groups is 1. The zero-order valence-corrected chi connectivity index (χ0v) is 14.4. The Morgan fingerprint density at radius 3 is 2.80 bits per heavy atom. The van der Waals surface area contributed by atoms with Gasteiger partial charge in [0.15, 0.2) is 0 Å². The number of nitro groups is 1. The third-order valence-electron chi connectivity index (χ3n) is 3.62. The van der Waals surface area contributed by atoms with E-state index >= 15 is 0 Å². The molecule has 1 aromatic heterocycles. The van der Waals surface area contributed by atoms with Crippen LogP contribution in [0.25, 0.3) is 11.3 Å². The van der Waals surface area contributed by atoms with E-state index in [4.69, 9.17) is 0 Å². The van der Waals surface area contributed by atoms with Crippen molar-refractivity contribution >= 4 is 28.4 Å². The van der Waals surface area contributed by atoms with Crippen LogP contribution in [0.5, 0.6) is 0 Å². The Bertz CT molecular complexity index is 903. The molecule has 126 valence electrons. The molecule has 0 aliphatic heterocycles. The van der Waals surface area contributed by atoms with E-state index in [0.29, 0.717) is 16.4 Å². The van der Waals surface area contributed by atoms with E-state index in [2.05, 4.69) is 34.6 Å². The van der Waals surface area contributed by atoms with Gasteiger partial charge >= 0.3 is 0 Å². The van der Waals surface area contributed by atoms with Gasteiger partial charge < -0.3 is 0 Å². The predicted octanol–water partition coefficient (Wildman–Crippen LogP) is 4.73. The molecule has 0 aliphatic carbocycles. The fourth-order valence-corrected chi connectivity index (χ4v) is 2.91. The Morgan fingerprint density at radius 2 is 2.08 bits per heavy atom. The highest BCUT2D eigenvalue weighted by Gasteiger charge is 2.09. The van der Waals surface area contributed by atoms with E-state index in [-0.39, 0.29) is 5.69 Å². The van der Waals surface area contributed by atoms with Gasteiger partial charge in [0.2, 0.25) is 5.13 Å². The maximum atomic E-state index is 10.9. The number of thiazole rings is 1. The van der Waals surface area contributed by atoms with Crippen LogP contribution in [-0.4, -0.2) is 16.1 Å². The summed E-state index contributed by atoms with van der Waals surface area (Å²) in [6.07, 6.45) is 2.74. The van der Waals surface area contributed by atoms with Crippen LogP contribution in [0.4, 0.5) is 10.8 Å². The van der Waals surface area contributed by atoms with Crippen molar-refractivity contribution in [3.05, 3.63) is 75.2 Å². The summed E-state index contributed by atoms with van der Waals surface area (Å²) in [6, 6.07) is 14.6. The summed E-state index contributed by atoms with van der Waals surface area (Å²) >= 11 is 1.39. The number of nitrogens with one attached hydrogen (secondary N) is 1. The van der Waals surface area contributed by atoms with Crippen LogP contribution in [-0.2, 0) is 6.42 Å². The first-order valence-corrected chi connectivity index (χ1v) is 8.62. The third-order valence-corrected chi connectivity index (χ3v) is 4.37. The lowest BCUT2D eigenvalue weighted by Crippen LogP contribution is -1.91. The lowest BCUT2D eigenvalue weighted by atomic mass is 10.1. The maximum absolute atomic E-state index is 10.9. The van der Waals surface area contributed by atoms with E-state index in [1.807, 2.05) is 17.5 Å². The third kappa shape index (κ3) is 4.27. The normalized spacial score (nSPS) is 10.9. The highest BCUT2D eigenvalue weighted by Crippen LogP contribution is 2.27. The molecule has 0 spiro atoms. The summed E-state index contributed by atoms with van der Waals surface area (Å²) in [5.41, 5.74) is 6.61. The number of hydrogen-bond acceptors (Lipinski definition) is 6. The van der Waals surface area contributed by atoms with Crippen molar-refractivity contribution in [3.8, 4) is 11.3 Å². The fraction of sp³-hybridized carbons (Fsp3) is 0.111. The average molecular weight is 352 g/mol. The van der Waals surface area contributed by atoms with E-state index in [1.54, 1.807) is 18.3 Å². The summed E-state index contributed by atoms with van der Waals surface area (Å²) in [6.45, 7) is 2.12. The minimum Gasteiger partial charge on any atom is -0.258 e. The molecule has 0 amide bonds. The van der Waals surface area contributed by atoms with Crippen LogP contribution in [0.15, 0.2) is 59.0 Å². The molecule has 0 saturated carbocycles.